The number of hydrogen-bond donors (Lipinski definition) is 1. The van der Waals surface area contributed by atoms with Gasteiger partial charge in [0.1, 0.15) is 5.82 Å². The lowest BCUT2D eigenvalue weighted by Crippen LogP contribution is -2.12. The predicted octanol–water partition coefficient (Wildman–Crippen LogP) is 4.45. The largest absolute Gasteiger partial charge is 0.383 e. The van der Waals surface area contributed by atoms with Gasteiger partial charge in [0, 0.05) is 10.0 Å². The van der Waals surface area contributed by atoms with Crippen LogP contribution in [0.1, 0.15) is 24.2 Å². The van der Waals surface area contributed by atoms with Crippen LogP contribution >= 0.6 is 39.1 Å². The van der Waals surface area contributed by atoms with E-state index in [0.29, 0.717) is 15.9 Å². The topological polar surface area (TPSA) is 43.8 Å². The highest BCUT2D eigenvalue weighted by Crippen LogP contribution is 2.32. The van der Waals surface area contributed by atoms with Crippen molar-refractivity contribution in [2.45, 2.75) is 19.9 Å². The van der Waals surface area contributed by atoms with Crippen LogP contribution in [0.25, 0.3) is 0 Å². The van der Waals surface area contributed by atoms with Crippen LogP contribution in [0.2, 0.25) is 10.0 Å². The number of nitrogen functional groups attached to an aromatic ring is 1. The molecule has 1 unspecified atom stereocenters. The number of nitrogens with zero attached hydrogens (tertiary/aromatic N) is 2. The SMILES string of the molecule is Cc1nn(C(C)c2ccc(Cl)cc2Cl)c(N)c1Br. The molecule has 96 valence electrons. The lowest BCUT2D eigenvalue weighted by Gasteiger charge is -2.16. The van der Waals surface area contributed by atoms with E-state index in [-0.39, 0.29) is 6.04 Å². The van der Waals surface area contributed by atoms with E-state index in [1.165, 1.54) is 0 Å². The Balaban J connectivity index is 2.47. The summed E-state index contributed by atoms with van der Waals surface area (Å²) in [7, 11) is 0. The van der Waals surface area contributed by atoms with E-state index in [1.54, 1.807) is 16.8 Å². The molecule has 0 aliphatic heterocycles. The number of benzene rings is 1. The molecule has 2 rings (SSSR count). The van der Waals surface area contributed by atoms with Crippen molar-refractivity contribution >= 4 is 44.9 Å². The van der Waals surface area contributed by atoms with Crippen LogP contribution in [0.15, 0.2) is 22.7 Å². The minimum atomic E-state index is -0.0558. The molecular formula is C12H12BrCl2N3. The van der Waals surface area contributed by atoms with Crippen molar-refractivity contribution in [3.05, 3.63) is 44.0 Å². The van der Waals surface area contributed by atoms with E-state index >= 15 is 0 Å². The standard InChI is InChI=1S/C12H12BrCl2N3/c1-6-11(13)12(16)18(17-6)7(2)9-4-3-8(14)5-10(9)15/h3-5,7H,16H2,1-2H3. The van der Waals surface area contributed by atoms with Crippen LogP contribution in [0.3, 0.4) is 0 Å². The lowest BCUT2D eigenvalue weighted by atomic mass is 10.1. The first-order valence-electron chi connectivity index (χ1n) is 5.37. The molecule has 18 heavy (non-hydrogen) atoms. The van der Waals surface area contributed by atoms with Crippen molar-refractivity contribution in [2.24, 2.45) is 0 Å². The van der Waals surface area contributed by atoms with Crippen molar-refractivity contribution in [1.29, 1.82) is 0 Å². The Bertz CT molecular complexity index is 595. The highest BCUT2D eigenvalue weighted by Gasteiger charge is 2.18. The van der Waals surface area contributed by atoms with Gasteiger partial charge in [0.05, 0.1) is 16.2 Å². The van der Waals surface area contributed by atoms with E-state index < -0.39 is 0 Å². The third kappa shape index (κ3) is 2.37. The summed E-state index contributed by atoms with van der Waals surface area (Å²) in [6.45, 7) is 3.89. The fourth-order valence-electron chi connectivity index (χ4n) is 1.81. The number of anilines is 1. The Morgan fingerprint density at radius 2 is 2.06 bits per heavy atom. The summed E-state index contributed by atoms with van der Waals surface area (Å²) < 4.78 is 2.56. The van der Waals surface area contributed by atoms with Gasteiger partial charge in [-0.1, -0.05) is 29.3 Å². The third-order valence-electron chi connectivity index (χ3n) is 2.83. The van der Waals surface area contributed by atoms with Crippen LogP contribution in [-0.4, -0.2) is 9.78 Å². The van der Waals surface area contributed by atoms with Crippen molar-refractivity contribution in [3.63, 3.8) is 0 Å². The van der Waals surface area contributed by atoms with Crippen LogP contribution in [0, 0.1) is 6.92 Å². The number of nitrogens with two attached hydrogens (primary N) is 1. The van der Waals surface area contributed by atoms with Crippen LogP contribution < -0.4 is 5.73 Å². The molecule has 0 aliphatic rings. The van der Waals surface area contributed by atoms with Gasteiger partial charge >= 0.3 is 0 Å². The molecule has 0 saturated carbocycles. The molecule has 2 aromatic rings. The normalized spacial score (nSPS) is 12.7. The molecular weight excluding hydrogens is 337 g/mol. The Morgan fingerprint density at radius 3 is 2.56 bits per heavy atom. The zero-order valence-corrected chi connectivity index (χ0v) is 13.0. The quantitative estimate of drug-likeness (QED) is 0.871. The maximum absolute atomic E-state index is 6.20. The van der Waals surface area contributed by atoms with Gasteiger partial charge < -0.3 is 5.73 Å². The average Bonchev–Trinajstić information content (AvgIpc) is 2.56. The van der Waals surface area contributed by atoms with Gasteiger partial charge in [-0.2, -0.15) is 5.10 Å². The highest BCUT2D eigenvalue weighted by atomic mass is 79.9. The van der Waals surface area contributed by atoms with Crippen molar-refractivity contribution in [3.8, 4) is 0 Å². The summed E-state index contributed by atoms with van der Waals surface area (Å²) >= 11 is 15.5. The number of hydrogen-bond acceptors (Lipinski definition) is 2. The molecule has 0 saturated heterocycles. The molecule has 2 N–H and O–H groups in total. The van der Waals surface area contributed by atoms with Crippen molar-refractivity contribution in [2.75, 3.05) is 5.73 Å². The van der Waals surface area contributed by atoms with Gasteiger partial charge in [-0.15, -0.1) is 0 Å². The van der Waals surface area contributed by atoms with E-state index in [2.05, 4.69) is 21.0 Å². The fraction of sp³-hybridized carbons (Fsp3) is 0.250. The zero-order chi connectivity index (χ0) is 13.4. The predicted molar refractivity (Wildman–Crippen MR) is 79.4 cm³/mol. The number of halogens is 3. The number of rotatable bonds is 2. The Morgan fingerprint density at radius 1 is 1.39 bits per heavy atom. The molecule has 0 amide bonds. The lowest BCUT2D eigenvalue weighted by molar-refractivity contribution is 0.569. The zero-order valence-electron chi connectivity index (χ0n) is 9.92. The van der Waals surface area contributed by atoms with Crippen LogP contribution in [-0.2, 0) is 0 Å². The maximum atomic E-state index is 6.20. The van der Waals surface area contributed by atoms with Gasteiger partial charge in [0.15, 0.2) is 0 Å². The first-order chi connectivity index (χ1) is 8.41. The van der Waals surface area contributed by atoms with Gasteiger partial charge in [-0.05, 0) is 47.5 Å². The second-order valence-corrected chi connectivity index (χ2v) is 5.71. The van der Waals surface area contributed by atoms with Gasteiger partial charge in [-0.3, -0.25) is 0 Å². The van der Waals surface area contributed by atoms with Gasteiger partial charge in [-0.25, -0.2) is 4.68 Å². The number of aromatic nitrogens is 2. The molecule has 6 heteroatoms. The molecule has 0 aliphatic carbocycles. The minimum absolute atomic E-state index is 0.0558. The Labute approximate surface area is 124 Å². The first kappa shape index (κ1) is 13.7. The summed E-state index contributed by atoms with van der Waals surface area (Å²) in [6.07, 6.45) is 0. The Kier molecular flexibility index (Phi) is 3.90. The molecule has 0 bridgehead atoms. The molecule has 3 nitrogen and oxygen atoms in total. The summed E-state index contributed by atoms with van der Waals surface area (Å²) in [5.74, 6) is 0.589. The second-order valence-electron chi connectivity index (χ2n) is 4.07. The molecule has 1 aromatic heterocycles. The van der Waals surface area contributed by atoms with Crippen LogP contribution in [0.5, 0.6) is 0 Å². The van der Waals surface area contributed by atoms with E-state index in [9.17, 15) is 0 Å². The minimum Gasteiger partial charge on any atom is -0.383 e. The highest BCUT2D eigenvalue weighted by molar-refractivity contribution is 9.10. The molecule has 1 heterocycles. The summed E-state index contributed by atoms with van der Waals surface area (Å²) in [5.41, 5.74) is 7.79. The summed E-state index contributed by atoms with van der Waals surface area (Å²) in [5, 5.41) is 5.63. The third-order valence-corrected chi connectivity index (χ3v) is 4.37. The molecule has 1 atom stereocenters. The van der Waals surface area contributed by atoms with E-state index in [1.807, 2.05) is 19.9 Å². The smallest absolute Gasteiger partial charge is 0.137 e. The molecule has 0 fully saturated rings. The van der Waals surface area contributed by atoms with Gasteiger partial charge in [0.25, 0.3) is 0 Å². The number of aryl methyl sites for hydroxylation is 1. The molecule has 0 radical (unpaired) electrons. The van der Waals surface area contributed by atoms with Gasteiger partial charge in [0.2, 0.25) is 0 Å². The summed E-state index contributed by atoms with van der Waals surface area (Å²) in [6, 6.07) is 5.36. The molecule has 0 spiro atoms. The van der Waals surface area contributed by atoms with E-state index in [4.69, 9.17) is 28.9 Å². The first-order valence-corrected chi connectivity index (χ1v) is 6.91. The summed E-state index contributed by atoms with van der Waals surface area (Å²) in [4.78, 5) is 0. The van der Waals surface area contributed by atoms with E-state index in [0.717, 1.165) is 15.7 Å². The maximum Gasteiger partial charge on any atom is 0.137 e. The monoisotopic (exact) mass is 347 g/mol. The molecule has 1 aromatic carbocycles. The van der Waals surface area contributed by atoms with Crippen molar-refractivity contribution < 1.29 is 0 Å². The Hall–Kier alpha value is -0.710. The fourth-order valence-corrected chi connectivity index (χ4v) is 2.64. The second kappa shape index (κ2) is 5.11. The average molecular weight is 349 g/mol. The van der Waals surface area contributed by atoms with Crippen LogP contribution in [0.4, 0.5) is 5.82 Å². The van der Waals surface area contributed by atoms with Crippen molar-refractivity contribution in [1.82, 2.24) is 9.78 Å².